The highest BCUT2D eigenvalue weighted by atomic mass is 35.5. The van der Waals surface area contributed by atoms with E-state index in [1.807, 2.05) is 26.0 Å². The van der Waals surface area contributed by atoms with Gasteiger partial charge in [0.2, 0.25) is 0 Å². The summed E-state index contributed by atoms with van der Waals surface area (Å²) in [6.07, 6.45) is 3.79. The number of ether oxygens (including phenoxy) is 2. The number of nitrogens with one attached hydrogen (secondary N) is 1. The molecule has 28 heavy (non-hydrogen) atoms. The number of piperidine rings is 1. The molecule has 1 fully saturated rings. The fourth-order valence-electron chi connectivity index (χ4n) is 3.48. The molecule has 0 atom stereocenters. The van der Waals surface area contributed by atoms with E-state index in [0.717, 1.165) is 35.1 Å². The van der Waals surface area contributed by atoms with Crippen LogP contribution in [0.3, 0.4) is 0 Å². The number of nitrogens with zero attached hydrogens (tertiary/aromatic N) is 1. The molecule has 0 saturated carbocycles. The van der Waals surface area contributed by atoms with E-state index in [9.17, 15) is 0 Å². The molecule has 3 rings (SSSR count). The van der Waals surface area contributed by atoms with Gasteiger partial charge in [-0.15, -0.1) is 0 Å². The molecule has 0 bridgehead atoms. The van der Waals surface area contributed by atoms with Crippen molar-refractivity contribution < 1.29 is 9.47 Å². The lowest BCUT2D eigenvalue weighted by Gasteiger charge is -2.29. The Kier molecular flexibility index (Phi) is 7.19. The Bertz CT molecular complexity index is 805. The van der Waals surface area contributed by atoms with E-state index in [1.54, 1.807) is 13.2 Å². The van der Waals surface area contributed by atoms with Crippen molar-refractivity contribution in [1.82, 2.24) is 0 Å². The van der Waals surface area contributed by atoms with Gasteiger partial charge in [0.25, 0.3) is 0 Å². The Labute approximate surface area is 177 Å². The minimum absolute atomic E-state index is 0.0343. The average molecular weight is 423 g/mol. The lowest BCUT2D eigenvalue weighted by molar-refractivity contribution is 0.228. The standard InChI is InChI=1S/C22H28Cl2N2O2/c1-15(2)28-22-16(11-17(23)12-21(22)27-3)14-25-18-7-8-20(19(24)13-18)26-9-5-4-6-10-26/h7-8,11-13,15,25H,4-6,9-10,14H2,1-3H3. The molecular weight excluding hydrogens is 395 g/mol. The molecular formula is C22H28Cl2N2O2. The third-order valence-electron chi connectivity index (χ3n) is 4.80. The van der Waals surface area contributed by atoms with Crippen LogP contribution >= 0.6 is 23.2 Å². The Morgan fingerprint density at radius 3 is 2.46 bits per heavy atom. The van der Waals surface area contributed by atoms with Crippen molar-refractivity contribution in [3.05, 3.63) is 45.9 Å². The Morgan fingerprint density at radius 2 is 1.82 bits per heavy atom. The predicted molar refractivity (Wildman–Crippen MR) is 119 cm³/mol. The number of anilines is 2. The average Bonchev–Trinajstić information content (AvgIpc) is 2.68. The Morgan fingerprint density at radius 1 is 1.07 bits per heavy atom. The van der Waals surface area contributed by atoms with Gasteiger partial charge in [-0.1, -0.05) is 23.2 Å². The quantitative estimate of drug-likeness (QED) is 0.559. The number of rotatable bonds is 7. The molecule has 0 amide bonds. The van der Waals surface area contributed by atoms with E-state index < -0.39 is 0 Å². The second kappa shape index (κ2) is 9.62. The van der Waals surface area contributed by atoms with Crippen molar-refractivity contribution in [1.29, 1.82) is 0 Å². The maximum atomic E-state index is 6.57. The Hall–Kier alpha value is -1.78. The molecule has 1 aliphatic heterocycles. The van der Waals surface area contributed by atoms with Crippen LogP contribution < -0.4 is 19.7 Å². The monoisotopic (exact) mass is 422 g/mol. The molecule has 0 spiro atoms. The minimum atomic E-state index is 0.0343. The molecule has 1 saturated heterocycles. The van der Waals surface area contributed by atoms with E-state index in [1.165, 1.54) is 19.3 Å². The van der Waals surface area contributed by atoms with Gasteiger partial charge in [-0.2, -0.15) is 0 Å². The van der Waals surface area contributed by atoms with Crippen LogP contribution in [-0.4, -0.2) is 26.3 Å². The zero-order valence-electron chi connectivity index (χ0n) is 16.7. The predicted octanol–water partition coefficient (Wildman–Crippen LogP) is 6.39. The topological polar surface area (TPSA) is 33.7 Å². The zero-order valence-corrected chi connectivity index (χ0v) is 18.2. The summed E-state index contributed by atoms with van der Waals surface area (Å²) < 4.78 is 11.4. The van der Waals surface area contributed by atoms with Gasteiger partial charge in [-0.05, 0) is 57.4 Å². The lowest BCUT2D eigenvalue weighted by Crippen LogP contribution is -2.29. The molecule has 6 heteroatoms. The summed E-state index contributed by atoms with van der Waals surface area (Å²) in [5.74, 6) is 1.35. The largest absolute Gasteiger partial charge is 0.493 e. The zero-order chi connectivity index (χ0) is 20.1. The van der Waals surface area contributed by atoms with Gasteiger partial charge in [0.1, 0.15) is 0 Å². The van der Waals surface area contributed by atoms with Crippen LogP contribution in [0.25, 0.3) is 0 Å². The first-order valence-corrected chi connectivity index (χ1v) is 10.5. The van der Waals surface area contributed by atoms with Gasteiger partial charge in [0, 0.05) is 42.0 Å². The van der Waals surface area contributed by atoms with Crippen LogP contribution in [0.1, 0.15) is 38.7 Å². The van der Waals surface area contributed by atoms with Crippen LogP contribution in [0.4, 0.5) is 11.4 Å². The fraction of sp³-hybridized carbons (Fsp3) is 0.455. The van der Waals surface area contributed by atoms with E-state index >= 15 is 0 Å². The van der Waals surface area contributed by atoms with E-state index in [0.29, 0.717) is 23.1 Å². The third kappa shape index (κ3) is 5.18. The highest BCUT2D eigenvalue weighted by molar-refractivity contribution is 6.33. The van der Waals surface area contributed by atoms with Crippen LogP contribution in [0, 0.1) is 0 Å². The number of benzene rings is 2. The highest BCUT2D eigenvalue weighted by Crippen LogP contribution is 2.36. The Balaban J connectivity index is 1.76. The molecule has 4 nitrogen and oxygen atoms in total. The number of methoxy groups -OCH3 is 1. The van der Waals surface area contributed by atoms with Crippen molar-refractivity contribution in [2.45, 2.75) is 45.8 Å². The maximum Gasteiger partial charge on any atom is 0.166 e. The first kappa shape index (κ1) is 20.9. The molecule has 1 N–H and O–H groups in total. The van der Waals surface area contributed by atoms with Crippen molar-refractivity contribution >= 4 is 34.6 Å². The molecule has 0 radical (unpaired) electrons. The van der Waals surface area contributed by atoms with Gasteiger partial charge in [0.05, 0.1) is 23.9 Å². The van der Waals surface area contributed by atoms with Gasteiger partial charge >= 0.3 is 0 Å². The van der Waals surface area contributed by atoms with Crippen molar-refractivity contribution in [3.63, 3.8) is 0 Å². The highest BCUT2D eigenvalue weighted by Gasteiger charge is 2.16. The smallest absolute Gasteiger partial charge is 0.166 e. The molecule has 1 heterocycles. The fourth-order valence-corrected chi connectivity index (χ4v) is 4.01. The first-order valence-electron chi connectivity index (χ1n) is 9.79. The summed E-state index contributed by atoms with van der Waals surface area (Å²) in [6.45, 7) is 6.68. The van der Waals surface area contributed by atoms with Crippen LogP contribution in [0.15, 0.2) is 30.3 Å². The molecule has 1 aliphatic rings. The van der Waals surface area contributed by atoms with Gasteiger partial charge < -0.3 is 19.7 Å². The molecule has 0 unspecified atom stereocenters. The van der Waals surface area contributed by atoms with E-state index in [-0.39, 0.29) is 6.10 Å². The lowest BCUT2D eigenvalue weighted by atomic mass is 10.1. The van der Waals surface area contributed by atoms with Crippen molar-refractivity contribution in [2.75, 3.05) is 30.4 Å². The maximum absolute atomic E-state index is 6.57. The van der Waals surface area contributed by atoms with Gasteiger partial charge in [-0.25, -0.2) is 0 Å². The summed E-state index contributed by atoms with van der Waals surface area (Å²) in [6, 6.07) is 9.82. The first-order chi connectivity index (χ1) is 13.5. The minimum Gasteiger partial charge on any atom is -0.493 e. The van der Waals surface area contributed by atoms with E-state index in [4.69, 9.17) is 32.7 Å². The van der Waals surface area contributed by atoms with Gasteiger partial charge in [-0.3, -0.25) is 0 Å². The van der Waals surface area contributed by atoms with Crippen molar-refractivity contribution in [3.8, 4) is 11.5 Å². The molecule has 0 aromatic heterocycles. The van der Waals surface area contributed by atoms with Crippen LogP contribution in [0.2, 0.25) is 10.0 Å². The molecule has 152 valence electrons. The summed E-state index contributed by atoms with van der Waals surface area (Å²) in [5, 5.41) is 4.81. The summed E-state index contributed by atoms with van der Waals surface area (Å²) in [4.78, 5) is 2.37. The van der Waals surface area contributed by atoms with Crippen molar-refractivity contribution in [2.24, 2.45) is 0 Å². The van der Waals surface area contributed by atoms with Crippen LogP contribution in [0.5, 0.6) is 11.5 Å². The third-order valence-corrected chi connectivity index (χ3v) is 5.32. The summed E-state index contributed by atoms with van der Waals surface area (Å²) >= 11 is 12.8. The number of hydrogen-bond donors (Lipinski definition) is 1. The second-order valence-electron chi connectivity index (χ2n) is 7.33. The summed E-state index contributed by atoms with van der Waals surface area (Å²) in [5.41, 5.74) is 3.01. The SMILES string of the molecule is COc1cc(Cl)cc(CNc2ccc(N3CCCCC3)c(Cl)c2)c1OC(C)C. The van der Waals surface area contributed by atoms with Crippen LogP contribution in [-0.2, 0) is 6.54 Å². The number of hydrogen-bond acceptors (Lipinski definition) is 4. The second-order valence-corrected chi connectivity index (χ2v) is 8.17. The molecule has 0 aliphatic carbocycles. The summed E-state index contributed by atoms with van der Waals surface area (Å²) in [7, 11) is 1.62. The van der Waals surface area contributed by atoms with E-state index in [2.05, 4.69) is 22.3 Å². The molecule has 2 aromatic carbocycles. The number of halogens is 2. The molecule has 2 aromatic rings. The van der Waals surface area contributed by atoms with Gasteiger partial charge in [0.15, 0.2) is 11.5 Å². The normalized spacial score (nSPS) is 14.3.